The van der Waals surface area contributed by atoms with E-state index in [4.69, 9.17) is 4.74 Å². The van der Waals surface area contributed by atoms with E-state index in [1.54, 1.807) is 53.9 Å². The van der Waals surface area contributed by atoms with Crippen molar-refractivity contribution in [2.45, 2.75) is 65.8 Å². The average Bonchev–Trinajstić information content (AvgIpc) is 4.08. The van der Waals surface area contributed by atoms with Crippen LogP contribution in [0.2, 0.25) is 0 Å². The van der Waals surface area contributed by atoms with Crippen molar-refractivity contribution in [2.24, 2.45) is 14.1 Å². The second kappa shape index (κ2) is 23.8. The number of nitrogens with zero attached hydrogens (tertiary/aromatic N) is 12. The van der Waals surface area contributed by atoms with Crippen LogP contribution in [0.4, 0.5) is 24.8 Å². The molecule has 71 heavy (non-hydrogen) atoms. The van der Waals surface area contributed by atoms with Crippen LogP contribution in [0.1, 0.15) is 73.3 Å². The zero-order valence-corrected chi connectivity index (χ0v) is 44.9. The van der Waals surface area contributed by atoms with Crippen LogP contribution in [0, 0.1) is 37.7 Å². The Kier molecular flexibility index (Phi) is 18.2. The molecule has 0 bridgehead atoms. The van der Waals surface area contributed by atoms with Crippen molar-refractivity contribution in [1.29, 1.82) is 0 Å². The van der Waals surface area contributed by atoms with Crippen molar-refractivity contribution in [3.05, 3.63) is 175 Å². The highest BCUT2D eigenvalue weighted by Gasteiger charge is 2.26. The molecule has 0 saturated heterocycles. The minimum atomic E-state index is -0.940. The Labute approximate surface area is 437 Å². The number of nitro groups is 2. The molecule has 0 aliphatic rings. The van der Waals surface area contributed by atoms with Gasteiger partial charge in [0, 0.05) is 91.1 Å². The highest BCUT2D eigenvalue weighted by molar-refractivity contribution is 9.11. The van der Waals surface area contributed by atoms with Crippen molar-refractivity contribution in [3.8, 4) is 28.3 Å². The van der Waals surface area contributed by atoms with Crippen molar-refractivity contribution < 1.29 is 32.9 Å². The summed E-state index contributed by atoms with van der Waals surface area (Å²) in [5, 5.41) is 49.1. The van der Waals surface area contributed by atoms with Crippen molar-refractivity contribution in [2.75, 3.05) is 0 Å². The van der Waals surface area contributed by atoms with Gasteiger partial charge < -0.3 is 30.1 Å². The fourth-order valence-corrected chi connectivity index (χ4v) is 9.22. The highest BCUT2D eigenvalue weighted by Crippen LogP contribution is 2.38. The maximum Gasteiger partial charge on any atom is 0.406 e. The fraction of sp³-hybridized carbons (Fsp3) is 0.261. The Morgan fingerprint density at radius 3 is 1.51 bits per heavy atom. The molecule has 0 spiro atoms. The van der Waals surface area contributed by atoms with Gasteiger partial charge in [-0.25, -0.2) is 8.78 Å². The lowest BCUT2D eigenvalue weighted by atomic mass is 9.96. The first kappa shape index (κ1) is 54.2. The van der Waals surface area contributed by atoms with E-state index in [-0.39, 0.29) is 11.6 Å². The first-order valence-corrected chi connectivity index (χ1v) is 24.5. The Morgan fingerprint density at radius 2 is 1.07 bits per heavy atom. The number of aliphatic hydroxyl groups is 1. The Morgan fingerprint density at radius 1 is 0.634 bits per heavy atom. The molecule has 2 unspecified atom stereocenters. The number of halogens is 7. The van der Waals surface area contributed by atoms with Gasteiger partial charge in [-0.2, -0.15) is 24.8 Å². The lowest BCUT2D eigenvalue weighted by Crippen LogP contribution is -2.09. The van der Waals surface area contributed by atoms with Gasteiger partial charge in [-0.15, -0.1) is 0 Å². The molecule has 0 fully saturated rings. The van der Waals surface area contributed by atoms with E-state index in [0.29, 0.717) is 38.5 Å². The van der Waals surface area contributed by atoms with Gasteiger partial charge in [-0.05, 0) is 153 Å². The molecule has 0 aliphatic carbocycles. The van der Waals surface area contributed by atoms with Crippen LogP contribution in [0.5, 0.6) is 5.75 Å². The van der Waals surface area contributed by atoms with Crippen LogP contribution in [0.3, 0.4) is 0 Å². The molecule has 2 atom stereocenters. The predicted molar refractivity (Wildman–Crippen MR) is 271 cm³/mol. The van der Waals surface area contributed by atoms with E-state index in [0.717, 1.165) is 67.6 Å². The lowest BCUT2D eigenvalue weighted by molar-refractivity contribution is -0.392. The summed E-state index contributed by atoms with van der Waals surface area (Å²) in [6.07, 6.45) is 9.40. The molecule has 8 aromatic rings. The van der Waals surface area contributed by atoms with Gasteiger partial charge in [-0.1, -0.05) is 0 Å². The first-order valence-electron chi connectivity index (χ1n) is 21.3. The molecular weight excluding hydrogens is 1190 g/mol. The smallest absolute Gasteiger partial charge is 0.406 e. The third kappa shape index (κ3) is 12.9. The molecule has 0 amide bonds. The number of aromatic nitrogens is 10. The van der Waals surface area contributed by atoms with Gasteiger partial charge in [0.15, 0.2) is 12.4 Å². The van der Waals surface area contributed by atoms with Crippen molar-refractivity contribution >= 4 is 75.4 Å². The molecule has 0 aliphatic heterocycles. The number of benzene rings is 2. The number of rotatable bonds is 14. The fourth-order valence-electron chi connectivity index (χ4n) is 7.44. The molecule has 0 saturated carbocycles. The summed E-state index contributed by atoms with van der Waals surface area (Å²) >= 11 is 13.4. The molecular formula is C46H43Br4F3N12O6. The maximum atomic E-state index is 14.4. The van der Waals surface area contributed by atoms with Crippen molar-refractivity contribution in [1.82, 2.24) is 49.1 Å². The third-order valence-electron chi connectivity index (χ3n) is 10.7. The van der Waals surface area contributed by atoms with Gasteiger partial charge in [0.25, 0.3) is 0 Å². The Hall–Kier alpha value is -6.15. The van der Waals surface area contributed by atoms with Crippen LogP contribution in [-0.4, -0.2) is 64.0 Å². The van der Waals surface area contributed by atoms with Crippen LogP contribution >= 0.6 is 63.7 Å². The summed E-state index contributed by atoms with van der Waals surface area (Å²) in [6, 6.07) is 11.4. The standard InChI is InChI=1S/C23H21Br2FN6O3.C18H20BrFN4O.C5H2BrFN2O2/c1-4-31-22(25)15(11-29-31)7-14-10-28-30(3)21(14)18-6-5-17(26)9-19(18)13(2)35-20-8-16(24)12-27-23(20)32(33)34;1-4-24-18(19)13(10-22-24)7-12-9-21-23(3)17(12)15-6-5-14(20)8-16(15)11(2)25;6-3-1-4(7)5(8-2-3)9(10)11/h5-6,8-13H,4,7H2,1-3H3;5-6,8-11,25H,4,7H2,1-3H3;1-2H. The molecule has 25 heteroatoms. The van der Waals surface area contributed by atoms with Gasteiger partial charge in [0.1, 0.15) is 26.9 Å². The number of pyridine rings is 2. The largest absolute Gasteiger partial charge is 0.478 e. The second-order valence-electron chi connectivity index (χ2n) is 15.5. The van der Waals surface area contributed by atoms with Crippen LogP contribution in [0.15, 0.2) is 104 Å². The quantitative estimate of drug-likeness (QED) is 0.0795. The van der Waals surface area contributed by atoms with E-state index in [2.05, 4.69) is 94.1 Å². The van der Waals surface area contributed by atoms with E-state index < -0.39 is 45.3 Å². The summed E-state index contributed by atoms with van der Waals surface area (Å²) in [6.45, 7) is 8.90. The zero-order valence-electron chi connectivity index (χ0n) is 38.6. The van der Waals surface area contributed by atoms with Gasteiger partial charge in [-0.3, -0.25) is 18.7 Å². The Balaban J connectivity index is 0.000000198. The molecule has 1 N–H and O–H groups in total. The van der Waals surface area contributed by atoms with Gasteiger partial charge >= 0.3 is 11.6 Å². The van der Waals surface area contributed by atoms with E-state index >= 15 is 0 Å². The van der Waals surface area contributed by atoms with E-state index in [1.165, 1.54) is 42.7 Å². The number of hydrogen-bond donors (Lipinski definition) is 1. The SMILES string of the molecule is CCn1ncc(Cc2cnn(C)c2-c2ccc(F)cc2C(C)O)c1Br.CCn1ncc(Cc2cnn(C)c2-c2ccc(F)cc2C(C)Oc2cc(Br)cnc2[N+](=O)[O-])c1Br.O=[N+]([O-])c1ncc(Br)cc1F. The topological polar surface area (TPSA) is 213 Å². The molecule has 6 aromatic heterocycles. The molecule has 372 valence electrons. The van der Waals surface area contributed by atoms with E-state index in [9.17, 15) is 38.5 Å². The second-order valence-corrected chi connectivity index (χ2v) is 18.9. The number of aryl methyl sites for hydroxylation is 4. The number of hydrogen-bond acceptors (Lipinski definition) is 12. The number of ether oxygens (including phenoxy) is 1. The highest BCUT2D eigenvalue weighted by atomic mass is 79.9. The summed E-state index contributed by atoms with van der Waals surface area (Å²) in [5.41, 5.74) is 8.16. The first-order chi connectivity index (χ1) is 33.7. The maximum absolute atomic E-state index is 14.4. The van der Waals surface area contributed by atoms with Gasteiger partial charge in [0.05, 0.1) is 51.2 Å². The molecule has 6 heterocycles. The summed E-state index contributed by atoms with van der Waals surface area (Å²) in [4.78, 5) is 27.1. The van der Waals surface area contributed by atoms with Crippen molar-refractivity contribution in [3.63, 3.8) is 0 Å². The lowest BCUT2D eigenvalue weighted by Gasteiger charge is -2.19. The molecule has 8 rings (SSSR count). The monoisotopic (exact) mass is 1230 g/mol. The predicted octanol–water partition coefficient (Wildman–Crippen LogP) is 11.7. The summed E-state index contributed by atoms with van der Waals surface area (Å²) < 4.78 is 56.5. The van der Waals surface area contributed by atoms with Crippen LogP contribution in [0.25, 0.3) is 22.5 Å². The van der Waals surface area contributed by atoms with Crippen LogP contribution in [-0.2, 0) is 40.0 Å². The van der Waals surface area contributed by atoms with Crippen LogP contribution < -0.4 is 4.74 Å². The van der Waals surface area contributed by atoms with E-state index in [1.807, 2.05) is 43.5 Å². The third-order valence-corrected chi connectivity index (χ3v) is 13.4. The summed E-state index contributed by atoms with van der Waals surface area (Å²) in [7, 11) is 3.66. The van der Waals surface area contributed by atoms with Gasteiger partial charge in [0.2, 0.25) is 11.6 Å². The average molecular weight is 1240 g/mol. The summed E-state index contributed by atoms with van der Waals surface area (Å²) in [5.74, 6) is -2.95. The Bertz CT molecular complexity index is 3220. The molecule has 0 radical (unpaired) electrons. The molecule has 2 aromatic carbocycles. The minimum Gasteiger partial charge on any atom is -0.478 e. The molecule has 18 nitrogen and oxygen atoms in total. The number of aliphatic hydroxyl groups excluding tert-OH is 1. The normalized spacial score (nSPS) is 11.9. The zero-order chi connectivity index (χ0) is 51.8. The minimum absolute atomic E-state index is 0.0202.